The van der Waals surface area contributed by atoms with Gasteiger partial charge in [0.05, 0.1) is 0 Å². The first kappa shape index (κ1) is 16.3. The summed E-state index contributed by atoms with van der Waals surface area (Å²) in [6, 6.07) is 12.2. The molecule has 1 aliphatic rings. The van der Waals surface area contributed by atoms with Crippen molar-refractivity contribution in [3.63, 3.8) is 0 Å². The van der Waals surface area contributed by atoms with Crippen molar-refractivity contribution < 1.29 is 14.0 Å². The van der Waals surface area contributed by atoms with E-state index in [0.717, 1.165) is 6.42 Å². The summed E-state index contributed by atoms with van der Waals surface area (Å²) in [6.07, 6.45) is 0.946. The first-order valence-corrected chi connectivity index (χ1v) is 8.59. The smallest absolute Gasteiger partial charge is 0.255 e. The summed E-state index contributed by atoms with van der Waals surface area (Å²) < 4.78 is 5.43. The highest BCUT2D eigenvalue weighted by Gasteiger charge is 2.39. The number of nitrogens with one attached hydrogen (secondary N) is 2. The van der Waals surface area contributed by atoms with Gasteiger partial charge in [-0.25, -0.2) is 4.98 Å². The van der Waals surface area contributed by atoms with Crippen LogP contribution in [0.5, 0.6) is 0 Å². The molecule has 1 saturated carbocycles. The van der Waals surface area contributed by atoms with Gasteiger partial charge in [0.15, 0.2) is 11.5 Å². The van der Waals surface area contributed by atoms with E-state index >= 15 is 0 Å². The van der Waals surface area contributed by atoms with Gasteiger partial charge in [0.1, 0.15) is 5.52 Å². The minimum absolute atomic E-state index is 0.0471. The molecule has 2 unspecified atom stereocenters. The van der Waals surface area contributed by atoms with Crippen molar-refractivity contribution >= 4 is 34.3 Å². The van der Waals surface area contributed by atoms with Crippen molar-refractivity contribution in [2.24, 2.45) is 11.8 Å². The van der Waals surface area contributed by atoms with Crippen LogP contribution in [-0.4, -0.2) is 16.8 Å². The third kappa shape index (κ3) is 3.31. The molecule has 2 amide bonds. The lowest BCUT2D eigenvalue weighted by Crippen LogP contribution is -2.15. The Morgan fingerprint density at radius 2 is 1.77 bits per heavy atom. The Bertz CT molecular complexity index is 991. The number of nitrogens with zero attached hydrogens (tertiary/aromatic N) is 1. The van der Waals surface area contributed by atoms with Gasteiger partial charge in [-0.2, -0.15) is 0 Å². The normalized spacial score (nSPS) is 18.5. The number of aromatic nitrogens is 1. The molecule has 0 saturated heterocycles. The van der Waals surface area contributed by atoms with Gasteiger partial charge in [-0.05, 0) is 54.8 Å². The Morgan fingerprint density at radius 3 is 2.46 bits per heavy atom. The number of amides is 2. The van der Waals surface area contributed by atoms with E-state index in [9.17, 15) is 9.59 Å². The van der Waals surface area contributed by atoms with Crippen molar-refractivity contribution in [2.75, 3.05) is 10.6 Å². The van der Waals surface area contributed by atoms with Gasteiger partial charge < -0.3 is 15.1 Å². The van der Waals surface area contributed by atoms with Crippen LogP contribution in [0.4, 0.5) is 11.4 Å². The van der Waals surface area contributed by atoms with E-state index in [4.69, 9.17) is 4.42 Å². The molecular weight excluding hydrogens is 330 g/mol. The summed E-state index contributed by atoms with van der Waals surface area (Å²) in [6.45, 7) is 3.85. The number of hydrogen-bond donors (Lipinski definition) is 2. The maximum Gasteiger partial charge on any atom is 0.255 e. The molecule has 26 heavy (non-hydrogen) atoms. The van der Waals surface area contributed by atoms with Crippen LogP contribution >= 0.6 is 0 Å². The van der Waals surface area contributed by atoms with Crippen LogP contribution < -0.4 is 10.6 Å². The molecule has 1 aromatic heterocycles. The Kier molecular flexibility index (Phi) is 3.95. The van der Waals surface area contributed by atoms with Gasteiger partial charge in [-0.15, -0.1) is 0 Å². The SMILES string of the molecule is Cc1nc2cc(NC(=O)c3ccc(NC(=O)C4CC4C)cc3)ccc2o1. The summed E-state index contributed by atoms with van der Waals surface area (Å²) in [7, 11) is 0. The molecule has 6 nitrogen and oxygen atoms in total. The summed E-state index contributed by atoms with van der Waals surface area (Å²) in [4.78, 5) is 28.6. The Morgan fingerprint density at radius 1 is 1.08 bits per heavy atom. The molecule has 1 heterocycles. The van der Waals surface area contributed by atoms with E-state index in [0.29, 0.717) is 39.8 Å². The fraction of sp³-hybridized carbons (Fsp3) is 0.250. The van der Waals surface area contributed by atoms with Crippen LogP contribution in [-0.2, 0) is 4.79 Å². The number of carbonyl (C=O) groups excluding carboxylic acids is 2. The molecule has 4 rings (SSSR count). The molecule has 0 bridgehead atoms. The lowest BCUT2D eigenvalue weighted by Gasteiger charge is -2.07. The number of benzene rings is 2. The topological polar surface area (TPSA) is 84.2 Å². The van der Waals surface area contributed by atoms with Crippen molar-refractivity contribution in [3.8, 4) is 0 Å². The molecule has 0 radical (unpaired) electrons. The van der Waals surface area contributed by atoms with E-state index in [2.05, 4.69) is 22.5 Å². The standard InChI is InChI=1S/C20H19N3O3/c1-11-9-16(11)20(25)22-14-5-3-13(4-6-14)19(24)23-15-7-8-18-17(10-15)21-12(2)26-18/h3-8,10-11,16H,9H2,1-2H3,(H,22,25)(H,23,24). The molecule has 2 N–H and O–H groups in total. The molecule has 6 heteroatoms. The lowest BCUT2D eigenvalue weighted by atomic mass is 10.1. The van der Waals surface area contributed by atoms with Gasteiger partial charge in [0, 0.05) is 29.8 Å². The number of rotatable bonds is 4. The predicted octanol–water partition coefficient (Wildman–Crippen LogP) is 3.98. The molecule has 1 fully saturated rings. The van der Waals surface area contributed by atoms with E-state index in [1.165, 1.54) is 0 Å². The minimum Gasteiger partial charge on any atom is -0.441 e. The first-order valence-electron chi connectivity index (χ1n) is 8.59. The lowest BCUT2D eigenvalue weighted by molar-refractivity contribution is -0.117. The molecule has 0 aliphatic heterocycles. The summed E-state index contributed by atoms with van der Waals surface area (Å²) in [5, 5.41) is 5.73. The Hall–Kier alpha value is -3.15. The van der Waals surface area contributed by atoms with Crippen LogP contribution in [0, 0.1) is 18.8 Å². The van der Waals surface area contributed by atoms with Gasteiger partial charge in [0.2, 0.25) is 5.91 Å². The quantitative estimate of drug-likeness (QED) is 0.746. The molecule has 2 aromatic carbocycles. The van der Waals surface area contributed by atoms with E-state index in [-0.39, 0.29) is 17.7 Å². The van der Waals surface area contributed by atoms with Crippen LogP contribution in [0.25, 0.3) is 11.1 Å². The second-order valence-electron chi connectivity index (χ2n) is 6.76. The van der Waals surface area contributed by atoms with Crippen molar-refractivity contribution in [2.45, 2.75) is 20.3 Å². The molecule has 132 valence electrons. The minimum atomic E-state index is -0.224. The zero-order chi connectivity index (χ0) is 18.3. The summed E-state index contributed by atoms with van der Waals surface area (Å²) in [5.74, 6) is 0.991. The number of oxazole rings is 1. The number of anilines is 2. The first-order chi connectivity index (χ1) is 12.5. The van der Waals surface area contributed by atoms with Gasteiger partial charge in [-0.3, -0.25) is 9.59 Å². The maximum absolute atomic E-state index is 12.4. The molecule has 0 spiro atoms. The molecule has 3 aromatic rings. The monoisotopic (exact) mass is 349 g/mol. The van der Waals surface area contributed by atoms with Crippen LogP contribution in [0.1, 0.15) is 29.6 Å². The number of carbonyl (C=O) groups is 2. The maximum atomic E-state index is 12.4. The third-order valence-corrected chi connectivity index (χ3v) is 4.61. The van der Waals surface area contributed by atoms with Crippen molar-refractivity contribution in [1.82, 2.24) is 4.98 Å². The van der Waals surface area contributed by atoms with Crippen LogP contribution in [0.3, 0.4) is 0 Å². The summed E-state index contributed by atoms with van der Waals surface area (Å²) >= 11 is 0. The van der Waals surface area contributed by atoms with E-state index < -0.39 is 0 Å². The average molecular weight is 349 g/mol. The van der Waals surface area contributed by atoms with Crippen LogP contribution in [0.15, 0.2) is 46.9 Å². The van der Waals surface area contributed by atoms with Crippen LogP contribution in [0.2, 0.25) is 0 Å². The van der Waals surface area contributed by atoms with E-state index in [1.54, 1.807) is 49.4 Å². The zero-order valence-corrected chi connectivity index (χ0v) is 14.6. The third-order valence-electron chi connectivity index (χ3n) is 4.61. The summed E-state index contributed by atoms with van der Waals surface area (Å²) in [5.41, 5.74) is 3.25. The highest BCUT2D eigenvalue weighted by Crippen LogP contribution is 2.38. The second-order valence-corrected chi connectivity index (χ2v) is 6.76. The van der Waals surface area contributed by atoms with Crippen molar-refractivity contribution in [3.05, 3.63) is 53.9 Å². The number of aryl methyl sites for hydroxylation is 1. The molecular formula is C20H19N3O3. The van der Waals surface area contributed by atoms with E-state index in [1.807, 2.05) is 0 Å². The predicted molar refractivity (Wildman–Crippen MR) is 99.0 cm³/mol. The largest absolute Gasteiger partial charge is 0.441 e. The fourth-order valence-corrected chi connectivity index (χ4v) is 2.95. The Labute approximate surface area is 150 Å². The molecule has 1 aliphatic carbocycles. The van der Waals surface area contributed by atoms with Gasteiger partial charge in [-0.1, -0.05) is 6.92 Å². The van der Waals surface area contributed by atoms with Gasteiger partial charge >= 0.3 is 0 Å². The van der Waals surface area contributed by atoms with Gasteiger partial charge in [0.25, 0.3) is 5.91 Å². The fourth-order valence-electron chi connectivity index (χ4n) is 2.95. The highest BCUT2D eigenvalue weighted by molar-refractivity contribution is 6.05. The number of hydrogen-bond acceptors (Lipinski definition) is 4. The highest BCUT2D eigenvalue weighted by atomic mass is 16.3. The Balaban J connectivity index is 1.42. The molecule has 2 atom stereocenters. The second kappa shape index (κ2) is 6.29. The number of fused-ring (bicyclic) bond motifs is 1. The zero-order valence-electron chi connectivity index (χ0n) is 14.6. The van der Waals surface area contributed by atoms with Crippen molar-refractivity contribution in [1.29, 1.82) is 0 Å². The average Bonchev–Trinajstić information content (AvgIpc) is 3.23.